The van der Waals surface area contributed by atoms with E-state index in [0.717, 1.165) is 62.2 Å². The third-order valence-corrected chi connectivity index (χ3v) is 9.61. The summed E-state index contributed by atoms with van der Waals surface area (Å²) in [6.07, 6.45) is 5.66. The lowest BCUT2D eigenvalue weighted by atomic mass is 10.0. The van der Waals surface area contributed by atoms with E-state index in [9.17, 15) is 9.59 Å². The molecule has 1 atom stereocenters. The van der Waals surface area contributed by atoms with Crippen molar-refractivity contribution in [1.82, 2.24) is 24.9 Å². The van der Waals surface area contributed by atoms with Gasteiger partial charge in [0.25, 0.3) is 11.8 Å². The Labute approximate surface area is 235 Å². The molecule has 7 nitrogen and oxygen atoms in total. The highest BCUT2D eigenvalue weighted by atomic mass is 35.5. The molecule has 0 saturated carbocycles. The van der Waals surface area contributed by atoms with E-state index in [1.807, 2.05) is 36.1 Å². The maximum Gasteiger partial charge on any atom is 0.263 e. The van der Waals surface area contributed by atoms with Crippen LogP contribution < -0.4 is 5.32 Å². The number of nitrogens with one attached hydrogen (secondary N) is 1. The van der Waals surface area contributed by atoms with Crippen molar-refractivity contribution in [2.24, 2.45) is 0 Å². The first-order valence-corrected chi connectivity index (χ1v) is 14.5. The monoisotopic (exact) mass is 567 g/mol. The minimum absolute atomic E-state index is 0. The number of hydrogen-bond acceptors (Lipinski definition) is 6. The second kappa shape index (κ2) is 12.2. The van der Waals surface area contributed by atoms with Gasteiger partial charge in [-0.2, -0.15) is 0 Å². The van der Waals surface area contributed by atoms with E-state index < -0.39 is 5.66 Å². The predicted octanol–water partition coefficient (Wildman–Crippen LogP) is 4.15. The van der Waals surface area contributed by atoms with E-state index in [0.29, 0.717) is 29.0 Å². The molecule has 3 aliphatic rings. The van der Waals surface area contributed by atoms with Gasteiger partial charge >= 0.3 is 0 Å². The number of halogens is 2. The average Bonchev–Trinajstić information content (AvgIpc) is 3.33. The van der Waals surface area contributed by atoms with Gasteiger partial charge in [0.05, 0.1) is 4.88 Å². The summed E-state index contributed by atoms with van der Waals surface area (Å²) >= 11 is 7.57. The van der Waals surface area contributed by atoms with Gasteiger partial charge < -0.3 is 15.1 Å². The molecular formula is C27H39Cl2N5O2S. The van der Waals surface area contributed by atoms with Crippen LogP contribution in [-0.4, -0.2) is 103 Å². The molecule has 3 saturated heterocycles. The zero-order valence-electron chi connectivity index (χ0n) is 21.9. The molecule has 1 aromatic carbocycles. The molecule has 4 heterocycles. The minimum atomic E-state index is -1.05. The number of benzene rings is 1. The Morgan fingerprint density at radius 1 is 0.973 bits per heavy atom. The third kappa shape index (κ3) is 6.26. The van der Waals surface area contributed by atoms with E-state index in [1.165, 1.54) is 30.6 Å². The summed E-state index contributed by atoms with van der Waals surface area (Å²) in [6, 6.07) is 8.17. The summed E-state index contributed by atoms with van der Waals surface area (Å²) in [6.45, 7) is 9.08. The van der Waals surface area contributed by atoms with Crippen molar-refractivity contribution in [1.29, 1.82) is 0 Å². The van der Waals surface area contributed by atoms with Gasteiger partial charge in [0.15, 0.2) is 5.66 Å². The normalized spacial score (nSPS) is 22.4. The molecule has 0 aliphatic carbocycles. The van der Waals surface area contributed by atoms with Crippen molar-refractivity contribution in [3.05, 3.63) is 34.2 Å². The minimum Gasteiger partial charge on any atom is -0.337 e. The molecule has 3 aliphatic heterocycles. The van der Waals surface area contributed by atoms with E-state index in [2.05, 4.69) is 27.1 Å². The van der Waals surface area contributed by atoms with Gasteiger partial charge in [0, 0.05) is 55.0 Å². The second-order valence-electron chi connectivity index (χ2n) is 10.7. The van der Waals surface area contributed by atoms with Crippen molar-refractivity contribution in [2.75, 3.05) is 59.4 Å². The number of piperidine rings is 2. The summed E-state index contributed by atoms with van der Waals surface area (Å²) in [5.41, 5.74) is -1.05. The fourth-order valence-electron chi connectivity index (χ4n) is 5.97. The highest BCUT2D eigenvalue weighted by Crippen LogP contribution is 2.30. The topological polar surface area (TPSA) is 59.1 Å². The van der Waals surface area contributed by atoms with Crippen LogP contribution in [0.2, 0.25) is 5.02 Å². The van der Waals surface area contributed by atoms with Crippen LogP contribution in [-0.2, 0) is 4.79 Å². The molecule has 2 amide bonds. The number of carbonyl (C=O) groups is 2. The van der Waals surface area contributed by atoms with Crippen LogP contribution in [0.15, 0.2) is 24.3 Å². The molecule has 1 aromatic heterocycles. The largest absolute Gasteiger partial charge is 0.337 e. The molecule has 5 rings (SSSR count). The number of nitrogens with zero attached hydrogens (tertiary/aromatic N) is 4. The number of thiophene rings is 1. The smallest absolute Gasteiger partial charge is 0.263 e. The van der Waals surface area contributed by atoms with Crippen molar-refractivity contribution in [3.63, 3.8) is 0 Å². The van der Waals surface area contributed by atoms with Crippen molar-refractivity contribution >= 4 is 57.2 Å². The molecular weight excluding hydrogens is 529 g/mol. The van der Waals surface area contributed by atoms with E-state index in [1.54, 1.807) is 0 Å². The molecule has 0 spiro atoms. The van der Waals surface area contributed by atoms with E-state index in [-0.39, 0.29) is 24.2 Å². The Hall–Kier alpha value is -1.42. The number of carbonyl (C=O) groups excluding carboxylic acids is 2. The van der Waals surface area contributed by atoms with Crippen LogP contribution >= 0.6 is 35.3 Å². The summed E-state index contributed by atoms with van der Waals surface area (Å²) in [5, 5.41) is 4.83. The number of fused-ring (bicyclic) bond motifs is 1. The first-order valence-electron chi connectivity index (χ1n) is 13.3. The highest BCUT2D eigenvalue weighted by molar-refractivity contribution is 7.20. The van der Waals surface area contributed by atoms with Crippen LogP contribution in [0.5, 0.6) is 0 Å². The standard InChI is InChI=1S/C27H38ClN5O2S.ClH/c1-27(33-10-4-3-5-11-33,29-25(34)24-18-20-6-7-21(28)19-23(20)36-24)26(35)32-16-14-31(15-17-32)22-8-12-30(2)13-9-22;/h6-7,18-19,22H,3-5,8-17H2,1-2H3,(H,29,34);1H/t27-;/m0./s1. The van der Waals surface area contributed by atoms with Crippen LogP contribution in [0.3, 0.4) is 0 Å². The van der Waals surface area contributed by atoms with Gasteiger partial charge in [-0.3, -0.25) is 19.4 Å². The Bertz CT molecular complexity index is 1090. The van der Waals surface area contributed by atoms with Gasteiger partial charge in [-0.25, -0.2) is 0 Å². The van der Waals surface area contributed by atoms with Crippen molar-refractivity contribution in [2.45, 2.75) is 50.7 Å². The maximum atomic E-state index is 14.1. The molecule has 0 radical (unpaired) electrons. The number of piperazine rings is 1. The van der Waals surface area contributed by atoms with Crippen LogP contribution in [0.25, 0.3) is 10.1 Å². The van der Waals surface area contributed by atoms with Gasteiger partial charge in [-0.05, 0) is 76.3 Å². The van der Waals surface area contributed by atoms with Crippen molar-refractivity contribution in [3.8, 4) is 0 Å². The molecule has 0 unspecified atom stereocenters. The number of hydrogen-bond donors (Lipinski definition) is 1. The summed E-state index contributed by atoms with van der Waals surface area (Å²) < 4.78 is 0.976. The van der Waals surface area contributed by atoms with Gasteiger partial charge in [0.1, 0.15) is 0 Å². The summed E-state index contributed by atoms with van der Waals surface area (Å²) in [5.74, 6) is -0.177. The van der Waals surface area contributed by atoms with Gasteiger partial charge in [-0.1, -0.05) is 24.1 Å². The first kappa shape index (κ1) is 28.6. The molecule has 204 valence electrons. The van der Waals surface area contributed by atoms with Gasteiger partial charge in [0.2, 0.25) is 0 Å². The lowest BCUT2D eigenvalue weighted by molar-refractivity contribution is -0.148. The van der Waals surface area contributed by atoms with E-state index >= 15 is 0 Å². The Morgan fingerprint density at radius 3 is 2.32 bits per heavy atom. The Kier molecular flexibility index (Phi) is 9.41. The van der Waals surface area contributed by atoms with Gasteiger partial charge in [-0.15, -0.1) is 23.7 Å². The molecule has 1 N–H and O–H groups in total. The van der Waals surface area contributed by atoms with E-state index in [4.69, 9.17) is 11.6 Å². The zero-order chi connectivity index (χ0) is 25.3. The molecule has 2 aromatic rings. The Morgan fingerprint density at radius 2 is 1.65 bits per heavy atom. The predicted molar refractivity (Wildman–Crippen MR) is 154 cm³/mol. The zero-order valence-corrected chi connectivity index (χ0v) is 24.3. The maximum absolute atomic E-state index is 14.1. The lowest BCUT2D eigenvalue weighted by Crippen LogP contribution is -2.69. The number of amides is 2. The summed E-state index contributed by atoms with van der Waals surface area (Å²) in [4.78, 5) is 37.3. The second-order valence-corrected chi connectivity index (χ2v) is 12.2. The quantitative estimate of drug-likeness (QED) is 0.588. The fourth-order valence-corrected chi connectivity index (χ4v) is 7.20. The third-order valence-electron chi connectivity index (χ3n) is 8.27. The molecule has 10 heteroatoms. The first-order chi connectivity index (χ1) is 17.3. The van der Waals surface area contributed by atoms with Crippen LogP contribution in [0.1, 0.15) is 48.7 Å². The SMILES string of the molecule is CN1CCC(N2CCN(C(=O)[C@@](C)(NC(=O)c3cc4ccc(Cl)cc4s3)N3CCCCC3)CC2)CC1.Cl. The molecule has 3 fully saturated rings. The fraction of sp³-hybridized carbons (Fsp3) is 0.630. The molecule has 37 heavy (non-hydrogen) atoms. The number of likely N-dealkylation sites (tertiary alicyclic amines) is 2. The molecule has 0 bridgehead atoms. The van der Waals surface area contributed by atoms with Crippen LogP contribution in [0, 0.1) is 0 Å². The summed E-state index contributed by atoms with van der Waals surface area (Å²) in [7, 11) is 2.19. The average molecular weight is 569 g/mol. The highest BCUT2D eigenvalue weighted by Gasteiger charge is 2.45. The Balaban J connectivity index is 0.00000320. The number of rotatable bonds is 5. The van der Waals surface area contributed by atoms with Crippen molar-refractivity contribution < 1.29 is 9.59 Å². The van der Waals surface area contributed by atoms with Crippen LogP contribution in [0.4, 0.5) is 0 Å². The lowest BCUT2D eigenvalue weighted by Gasteiger charge is -2.47.